The van der Waals surface area contributed by atoms with Crippen molar-refractivity contribution in [3.63, 3.8) is 0 Å². The summed E-state index contributed by atoms with van der Waals surface area (Å²) in [6, 6.07) is 2.93. The van der Waals surface area contributed by atoms with E-state index < -0.39 is 6.04 Å². The van der Waals surface area contributed by atoms with Crippen LogP contribution in [0.3, 0.4) is 0 Å². The van der Waals surface area contributed by atoms with Crippen LogP contribution in [0.5, 0.6) is 0 Å². The minimum Gasteiger partial charge on any atom is -0.341 e. The van der Waals surface area contributed by atoms with E-state index in [0.717, 1.165) is 25.9 Å². The molecule has 2 heterocycles. The summed E-state index contributed by atoms with van der Waals surface area (Å²) in [5, 5.41) is 2.84. The number of nitrogens with zero attached hydrogens (tertiary/aromatic N) is 2. The Morgan fingerprint density at radius 1 is 1.30 bits per heavy atom. The molecule has 5 nitrogen and oxygen atoms in total. The van der Waals surface area contributed by atoms with Crippen LogP contribution in [0.1, 0.15) is 37.0 Å². The molecule has 0 bridgehead atoms. The molecule has 1 aromatic rings. The largest absolute Gasteiger partial charge is 0.341 e. The van der Waals surface area contributed by atoms with Crippen molar-refractivity contribution in [3.05, 3.63) is 30.1 Å². The lowest BCUT2D eigenvalue weighted by Crippen LogP contribution is -2.50. The van der Waals surface area contributed by atoms with Gasteiger partial charge in [-0.2, -0.15) is 0 Å². The highest BCUT2D eigenvalue weighted by Gasteiger charge is 2.30. The molecule has 5 heteroatoms. The third-order valence-corrected chi connectivity index (χ3v) is 3.56. The van der Waals surface area contributed by atoms with Crippen LogP contribution in [0.15, 0.2) is 24.5 Å². The van der Waals surface area contributed by atoms with Crippen molar-refractivity contribution in [1.82, 2.24) is 15.2 Å². The number of likely N-dealkylation sites (tertiary alicyclic amines) is 1. The van der Waals surface area contributed by atoms with Crippen LogP contribution < -0.4 is 5.32 Å². The standard InChI is InChI=1S/C15H21N3O2/c1-11(2)13(15(20)18-8-3-4-9-18)17-14(19)12-6-5-7-16-10-12/h5-7,10-11,13H,3-4,8-9H2,1-2H3,(H,17,19)/t13-/m1/s1. The number of pyridine rings is 1. The Hall–Kier alpha value is -1.91. The van der Waals surface area contributed by atoms with E-state index in [4.69, 9.17) is 0 Å². The maximum absolute atomic E-state index is 12.4. The van der Waals surface area contributed by atoms with E-state index in [1.165, 1.54) is 6.20 Å². The third kappa shape index (κ3) is 3.35. The summed E-state index contributed by atoms with van der Waals surface area (Å²) < 4.78 is 0. The van der Waals surface area contributed by atoms with Gasteiger partial charge in [-0.25, -0.2) is 0 Å². The van der Waals surface area contributed by atoms with Crippen molar-refractivity contribution in [2.24, 2.45) is 5.92 Å². The second-order valence-corrected chi connectivity index (χ2v) is 5.47. The summed E-state index contributed by atoms with van der Waals surface area (Å²) in [5.74, 6) is -0.164. The topological polar surface area (TPSA) is 62.3 Å². The molecule has 0 aliphatic carbocycles. The van der Waals surface area contributed by atoms with Gasteiger partial charge in [-0.3, -0.25) is 14.6 Å². The van der Waals surface area contributed by atoms with Crippen molar-refractivity contribution < 1.29 is 9.59 Å². The summed E-state index contributed by atoms with van der Waals surface area (Å²) in [5.41, 5.74) is 0.479. The van der Waals surface area contributed by atoms with Gasteiger partial charge in [0.1, 0.15) is 6.04 Å². The zero-order chi connectivity index (χ0) is 14.5. The number of hydrogen-bond donors (Lipinski definition) is 1. The Morgan fingerprint density at radius 2 is 2.00 bits per heavy atom. The molecule has 2 rings (SSSR count). The van der Waals surface area contributed by atoms with Gasteiger partial charge in [0.25, 0.3) is 5.91 Å². The van der Waals surface area contributed by atoms with Crippen LogP contribution >= 0.6 is 0 Å². The average molecular weight is 275 g/mol. The number of carbonyl (C=O) groups is 2. The number of nitrogens with one attached hydrogen (secondary N) is 1. The van der Waals surface area contributed by atoms with E-state index in [9.17, 15) is 9.59 Å². The van der Waals surface area contributed by atoms with Crippen LogP contribution in [0.25, 0.3) is 0 Å². The van der Waals surface area contributed by atoms with Gasteiger partial charge in [-0.15, -0.1) is 0 Å². The van der Waals surface area contributed by atoms with Crippen LogP contribution in [0.4, 0.5) is 0 Å². The Kier molecular flexibility index (Phi) is 4.71. The zero-order valence-corrected chi connectivity index (χ0v) is 12.0. The fraction of sp³-hybridized carbons (Fsp3) is 0.533. The van der Waals surface area contributed by atoms with Gasteiger partial charge in [0, 0.05) is 25.5 Å². The Balaban J connectivity index is 2.05. The molecule has 0 saturated carbocycles. The second-order valence-electron chi connectivity index (χ2n) is 5.47. The monoisotopic (exact) mass is 275 g/mol. The smallest absolute Gasteiger partial charge is 0.253 e. The first-order valence-electron chi connectivity index (χ1n) is 7.09. The van der Waals surface area contributed by atoms with Crippen LogP contribution in [0.2, 0.25) is 0 Å². The van der Waals surface area contributed by atoms with Crippen molar-refractivity contribution >= 4 is 11.8 Å². The molecule has 0 spiro atoms. The molecule has 2 amide bonds. The highest BCUT2D eigenvalue weighted by atomic mass is 16.2. The van der Waals surface area contributed by atoms with E-state index in [0.29, 0.717) is 5.56 Å². The predicted octanol–water partition coefficient (Wildman–Crippen LogP) is 1.46. The van der Waals surface area contributed by atoms with Gasteiger partial charge in [0.2, 0.25) is 5.91 Å². The fourth-order valence-corrected chi connectivity index (χ4v) is 2.37. The minimum atomic E-state index is -0.471. The first-order chi connectivity index (χ1) is 9.59. The molecular weight excluding hydrogens is 254 g/mol. The zero-order valence-electron chi connectivity index (χ0n) is 12.0. The molecule has 0 aromatic carbocycles. The van der Waals surface area contributed by atoms with Gasteiger partial charge >= 0.3 is 0 Å². The molecule has 0 unspecified atom stereocenters. The number of carbonyl (C=O) groups excluding carboxylic acids is 2. The molecule has 20 heavy (non-hydrogen) atoms. The molecule has 1 saturated heterocycles. The Labute approximate surface area is 119 Å². The van der Waals surface area contributed by atoms with E-state index >= 15 is 0 Å². The molecule has 108 valence electrons. The fourth-order valence-electron chi connectivity index (χ4n) is 2.37. The summed E-state index contributed by atoms with van der Waals surface area (Å²) in [4.78, 5) is 30.4. The van der Waals surface area contributed by atoms with E-state index in [-0.39, 0.29) is 17.7 Å². The third-order valence-electron chi connectivity index (χ3n) is 3.56. The van der Waals surface area contributed by atoms with Crippen LogP contribution in [-0.4, -0.2) is 40.8 Å². The predicted molar refractivity (Wildman–Crippen MR) is 76.1 cm³/mol. The highest BCUT2D eigenvalue weighted by molar-refractivity contribution is 5.97. The van der Waals surface area contributed by atoms with Gasteiger partial charge < -0.3 is 10.2 Å². The average Bonchev–Trinajstić information content (AvgIpc) is 2.98. The van der Waals surface area contributed by atoms with Crippen LogP contribution in [-0.2, 0) is 4.79 Å². The normalized spacial score (nSPS) is 16.2. The quantitative estimate of drug-likeness (QED) is 0.905. The number of amides is 2. The Morgan fingerprint density at radius 3 is 2.55 bits per heavy atom. The van der Waals surface area contributed by atoms with Gasteiger partial charge in [-0.05, 0) is 30.9 Å². The summed E-state index contributed by atoms with van der Waals surface area (Å²) in [6.07, 6.45) is 5.22. The van der Waals surface area contributed by atoms with Crippen molar-refractivity contribution in [2.45, 2.75) is 32.7 Å². The molecule has 1 aliphatic heterocycles. The highest BCUT2D eigenvalue weighted by Crippen LogP contribution is 2.13. The summed E-state index contributed by atoms with van der Waals surface area (Å²) in [7, 11) is 0. The van der Waals surface area contributed by atoms with Crippen molar-refractivity contribution in [1.29, 1.82) is 0 Å². The van der Waals surface area contributed by atoms with E-state index in [1.54, 1.807) is 18.3 Å². The molecule has 1 aromatic heterocycles. The SMILES string of the molecule is CC(C)[C@@H](NC(=O)c1cccnc1)C(=O)N1CCCC1. The van der Waals surface area contributed by atoms with Gasteiger partial charge in [0.15, 0.2) is 0 Å². The summed E-state index contributed by atoms with van der Waals surface area (Å²) >= 11 is 0. The first-order valence-corrected chi connectivity index (χ1v) is 7.09. The second kappa shape index (κ2) is 6.50. The number of rotatable bonds is 4. The molecule has 1 fully saturated rings. The molecular formula is C15H21N3O2. The minimum absolute atomic E-state index is 0.0229. The van der Waals surface area contributed by atoms with Crippen LogP contribution in [0, 0.1) is 5.92 Å². The Bertz CT molecular complexity index is 467. The maximum Gasteiger partial charge on any atom is 0.253 e. The molecule has 1 N–H and O–H groups in total. The maximum atomic E-state index is 12.4. The molecule has 0 radical (unpaired) electrons. The van der Waals surface area contributed by atoms with Gasteiger partial charge in [-0.1, -0.05) is 13.8 Å². The first kappa shape index (κ1) is 14.5. The lowest BCUT2D eigenvalue weighted by atomic mass is 10.0. The lowest BCUT2D eigenvalue weighted by molar-refractivity contribution is -0.133. The van der Waals surface area contributed by atoms with E-state index in [2.05, 4.69) is 10.3 Å². The van der Waals surface area contributed by atoms with Gasteiger partial charge in [0.05, 0.1) is 5.56 Å². The summed E-state index contributed by atoms with van der Waals surface area (Å²) in [6.45, 7) is 5.49. The molecule has 1 aliphatic rings. The lowest BCUT2D eigenvalue weighted by Gasteiger charge is -2.26. The number of aromatic nitrogens is 1. The molecule has 1 atom stereocenters. The number of hydrogen-bond acceptors (Lipinski definition) is 3. The van der Waals surface area contributed by atoms with E-state index in [1.807, 2.05) is 18.7 Å². The van der Waals surface area contributed by atoms with Crippen molar-refractivity contribution in [3.8, 4) is 0 Å². The van der Waals surface area contributed by atoms with Crippen molar-refractivity contribution in [2.75, 3.05) is 13.1 Å².